The first kappa shape index (κ1) is 13.8. The number of carboxylic acids is 1. The van der Waals surface area contributed by atoms with Gasteiger partial charge < -0.3 is 15.3 Å². The summed E-state index contributed by atoms with van der Waals surface area (Å²) in [7, 11) is 0. The van der Waals surface area contributed by atoms with Crippen LogP contribution < -0.4 is 5.32 Å². The van der Waals surface area contributed by atoms with Crippen molar-refractivity contribution in [2.24, 2.45) is 5.92 Å². The molecule has 5 nitrogen and oxygen atoms in total. The Morgan fingerprint density at radius 1 is 1.47 bits per heavy atom. The van der Waals surface area contributed by atoms with Crippen LogP contribution >= 0.6 is 0 Å². The molecular formula is C12H22N2O3. The predicted molar refractivity (Wildman–Crippen MR) is 64.8 cm³/mol. The third-order valence-electron chi connectivity index (χ3n) is 3.29. The molecule has 5 heteroatoms. The van der Waals surface area contributed by atoms with Gasteiger partial charge in [-0.25, -0.2) is 4.79 Å². The maximum atomic E-state index is 11.8. The van der Waals surface area contributed by atoms with Crippen LogP contribution in [0.15, 0.2) is 0 Å². The molecule has 2 N–H and O–H groups in total. The molecule has 0 bridgehead atoms. The number of aliphatic carboxylic acids is 1. The van der Waals surface area contributed by atoms with Gasteiger partial charge >= 0.3 is 12.0 Å². The fraction of sp³-hybridized carbons (Fsp3) is 0.833. The third kappa shape index (κ3) is 3.91. The molecule has 0 aromatic rings. The first-order chi connectivity index (χ1) is 8.06. The number of carbonyl (C=O) groups is 2. The monoisotopic (exact) mass is 242 g/mol. The van der Waals surface area contributed by atoms with Crippen LogP contribution in [0, 0.1) is 5.92 Å². The van der Waals surface area contributed by atoms with E-state index in [9.17, 15) is 9.59 Å². The predicted octanol–water partition coefficient (Wildman–Crippen LogP) is 1.68. The second-order valence-electron chi connectivity index (χ2n) is 4.69. The largest absolute Gasteiger partial charge is 0.481 e. The number of nitrogens with zero attached hydrogens (tertiary/aromatic N) is 1. The van der Waals surface area contributed by atoms with Gasteiger partial charge in [-0.3, -0.25) is 4.79 Å². The highest BCUT2D eigenvalue weighted by atomic mass is 16.4. The molecule has 0 aromatic carbocycles. The van der Waals surface area contributed by atoms with Crippen LogP contribution in [0.1, 0.15) is 39.5 Å². The number of likely N-dealkylation sites (tertiary alicyclic amines) is 1. The number of urea groups is 1. The summed E-state index contributed by atoms with van der Waals surface area (Å²) in [5.41, 5.74) is 0. The number of piperidine rings is 1. The first-order valence-corrected chi connectivity index (χ1v) is 6.33. The third-order valence-corrected chi connectivity index (χ3v) is 3.29. The van der Waals surface area contributed by atoms with Crippen molar-refractivity contribution in [2.75, 3.05) is 13.1 Å². The van der Waals surface area contributed by atoms with Crippen LogP contribution in [0.25, 0.3) is 0 Å². The zero-order chi connectivity index (χ0) is 12.8. The van der Waals surface area contributed by atoms with Gasteiger partial charge in [-0.1, -0.05) is 13.3 Å². The van der Waals surface area contributed by atoms with Crippen molar-refractivity contribution in [1.82, 2.24) is 10.2 Å². The first-order valence-electron chi connectivity index (χ1n) is 6.33. The van der Waals surface area contributed by atoms with Gasteiger partial charge in [0.25, 0.3) is 0 Å². The molecule has 0 radical (unpaired) electrons. The lowest BCUT2D eigenvalue weighted by Gasteiger charge is -2.36. The van der Waals surface area contributed by atoms with Crippen LogP contribution in [0.3, 0.4) is 0 Å². The Hall–Kier alpha value is -1.26. The minimum absolute atomic E-state index is 0.00600. The number of unbranched alkanes of at least 4 members (excludes halogenated alkanes) is 1. The molecule has 1 rings (SSSR count). The summed E-state index contributed by atoms with van der Waals surface area (Å²) in [6.45, 7) is 5.22. The number of carbonyl (C=O) groups excluding carboxylic acids is 1. The molecule has 1 fully saturated rings. The Balaban J connectivity index is 2.40. The molecule has 1 saturated heterocycles. The summed E-state index contributed by atoms with van der Waals surface area (Å²) in [5, 5.41) is 11.8. The molecule has 0 aliphatic carbocycles. The molecule has 2 amide bonds. The van der Waals surface area contributed by atoms with E-state index >= 15 is 0 Å². The van der Waals surface area contributed by atoms with E-state index < -0.39 is 5.97 Å². The second-order valence-corrected chi connectivity index (χ2v) is 4.69. The summed E-state index contributed by atoms with van der Waals surface area (Å²) < 4.78 is 0. The summed E-state index contributed by atoms with van der Waals surface area (Å²) in [5.74, 6) is -1.05. The number of amides is 2. The second kappa shape index (κ2) is 6.47. The maximum Gasteiger partial charge on any atom is 0.317 e. The lowest BCUT2D eigenvalue weighted by atomic mass is 9.92. The van der Waals surface area contributed by atoms with E-state index in [1.807, 2.05) is 6.92 Å². The van der Waals surface area contributed by atoms with Crippen molar-refractivity contribution in [1.29, 1.82) is 0 Å². The van der Waals surface area contributed by atoms with Crippen molar-refractivity contribution in [2.45, 2.75) is 45.6 Å². The Morgan fingerprint density at radius 2 is 2.18 bits per heavy atom. The van der Waals surface area contributed by atoms with Crippen molar-refractivity contribution in [3.63, 3.8) is 0 Å². The molecule has 1 aliphatic rings. The molecule has 1 aliphatic heterocycles. The van der Waals surface area contributed by atoms with Gasteiger partial charge in [-0.2, -0.15) is 0 Å². The average molecular weight is 242 g/mol. The minimum Gasteiger partial charge on any atom is -0.481 e. The van der Waals surface area contributed by atoms with E-state index in [0.29, 0.717) is 25.9 Å². The zero-order valence-corrected chi connectivity index (χ0v) is 10.6. The molecule has 2 unspecified atom stereocenters. The summed E-state index contributed by atoms with van der Waals surface area (Å²) in [6, 6.07) is -0.0544. The Bertz CT molecular complexity index is 281. The van der Waals surface area contributed by atoms with E-state index in [2.05, 4.69) is 12.2 Å². The van der Waals surface area contributed by atoms with Crippen LogP contribution in [-0.2, 0) is 4.79 Å². The maximum absolute atomic E-state index is 11.8. The van der Waals surface area contributed by atoms with Crippen molar-refractivity contribution < 1.29 is 14.7 Å². The van der Waals surface area contributed by atoms with Crippen LogP contribution in [0.4, 0.5) is 4.79 Å². The SMILES string of the molecule is CCCCNC(=O)N1CCC(C(=O)O)CC1C. The van der Waals surface area contributed by atoms with E-state index in [0.717, 1.165) is 12.8 Å². The number of carboxylic acid groups (broad SMARTS) is 1. The van der Waals surface area contributed by atoms with Crippen molar-refractivity contribution >= 4 is 12.0 Å². The van der Waals surface area contributed by atoms with Crippen LogP contribution in [0.5, 0.6) is 0 Å². The Labute approximate surface area is 102 Å². The molecule has 0 saturated carbocycles. The van der Waals surface area contributed by atoms with Gasteiger partial charge in [-0.15, -0.1) is 0 Å². The topological polar surface area (TPSA) is 69.6 Å². The number of rotatable bonds is 4. The molecule has 17 heavy (non-hydrogen) atoms. The molecule has 2 atom stereocenters. The quantitative estimate of drug-likeness (QED) is 0.737. The standard InChI is InChI=1S/C12H22N2O3/c1-3-4-6-13-12(17)14-7-5-10(11(15)16)8-9(14)2/h9-10H,3-8H2,1-2H3,(H,13,17)(H,15,16). The highest BCUT2D eigenvalue weighted by Crippen LogP contribution is 2.22. The lowest BCUT2D eigenvalue weighted by Crippen LogP contribution is -2.50. The summed E-state index contributed by atoms with van der Waals surface area (Å²) in [4.78, 5) is 24.4. The normalized spacial score (nSPS) is 24.5. The lowest BCUT2D eigenvalue weighted by molar-refractivity contribution is -0.143. The molecule has 0 spiro atoms. The van der Waals surface area contributed by atoms with Crippen LogP contribution in [0.2, 0.25) is 0 Å². The molecular weight excluding hydrogens is 220 g/mol. The van der Waals surface area contributed by atoms with E-state index in [1.165, 1.54) is 0 Å². The number of nitrogens with one attached hydrogen (secondary N) is 1. The van der Waals surface area contributed by atoms with Crippen molar-refractivity contribution in [3.05, 3.63) is 0 Å². The van der Waals surface area contributed by atoms with E-state index in [1.54, 1.807) is 4.90 Å². The van der Waals surface area contributed by atoms with E-state index in [-0.39, 0.29) is 18.0 Å². The smallest absolute Gasteiger partial charge is 0.317 e. The van der Waals surface area contributed by atoms with Gasteiger partial charge in [0.15, 0.2) is 0 Å². The van der Waals surface area contributed by atoms with E-state index in [4.69, 9.17) is 5.11 Å². The van der Waals surface area contributed by atoms with Gasteiger partial charge in [0.1, 0.15) is 0 Å². The molecule has 1 heterocycles. The van der Waals surface area contributed by atoms with Gasteiger partial charge in [-0.05, 0) is 26.2 Å². The van der Waals surface area contributed by atoms with Gasteiger partial charge in [0, 0.05) is 19.1 Å². The average Bonchev–Trinajstić information content (AvgIpc) is 2.28. The molecule has 0 aromatic heterocycles. The summed E-state index contributed by atoms with van der Waals surface area (Å²) >= 11 is 0. The zero-order valence-electron chi connectivity index (χ0n) is 10.6. The highest BCUT2D eigenvalue weighted by Gasteiger charge is 2.31. The summed E-state index contributed by atoms with van der Waals surface area (Å²) in [6.07, 6.45) is 3.14. The van der Waals surface area contributed by atoms with Gasteiger partial charge in [0.05, 0.1) is 5.92 Å². The van der Waals surface area contributed by atoms with Crippen molar-refractivity contribution in [3.8, 4) is 0 Å². The Kier molecular flexibility index (Phi) is 5.25. The number of hydrogen-bond donors (Lipinski definition) is 2. The van der Waals surface area contributed by atoms with Crippen LogP contribution in [-0.4, -0.2) is 41.1 Å². The fourth-order valence-electron chi connectivity index (χ4n) is 2.17. The van der Waals surface area contributed by atoms with Gasteiger partial charge in [0.2, 0.25) is 0 Å². The Morgan fingerprint density at radius 3 is 2.71 bits per heavy atom. The number of hydrogen-bond acceptors (Lipinski definition) is 2. The minimum atomic E-state index is -0.747. The molecule has 98 valence electrons. The highest BCUT2D eigenvalue weighted by molar-refractivity contribution is 5.75. The fourth-order valence-corrected chi connectivity index (χ4v) is 2.17.